The Labute approximate surface area is 61.0 Å². The fraction of sp³-hybridized carbons (Fsp3) is 0.857. The molecule has 1 amide bonds. The van der Waals surface area contributed by atoms with E-state index in [0.29, 0.717) is 0 Å². The second-order valence-electron chi connectivity index (χ2n) is 3.09. The number of rotatable bonds is 2. The summed E-state index contributed by atoms with van der Waals surface area (Å²) in [5.74, 6) is -0.106. The van der Waals surface area contributed by atoms with Gasteiger partial charge in [-0.25, -0.2) is 4.39 Å². The first-order valence-electron chi connectivity index (χ1n) is 3.23. The second-order valence-corrected chi connectivity index (χ2v) is 3.09. The molecule has 0 fully saturated rings. The first-order valence-corrected chi connectivity index (χ1v) is 3.23. The summed E-state index contributed by atoms with van der Waals surface area (Å²) in [6, 6.07) is 0. The van der Waals surface area contributed by atoms with E-state index < -0.39 is 5.67 Å². The van der Waals surface area contributed by atoms with Crippen LogP contribution in [0.1, 0.15) is 20.8 Å². The van der Waals surface area contributed by atoms with Gasteiger partial charge < -0.3 is 4.90 Å². The summed E-state index contributed by atoms with van der Waals surface area (Å²) in [6.07, 6.45) is 0. The summed E-state index contributed by atoms with van der Waals surface area (Å²) in [5.41, 5.74) is -1.29. The Hall–Kier alpha value is -0.600. The summed E-state index contributed by atoms with van der Waals surface area (Å²) in [7, 11) is 1.59. The number of carbonyl (C=O) groups excluding carboxylic acids is 1. The zero-order valence-corrected chi connectivity index (χ0v) is 6.94. The van der Waals surface area contributed by atoms with Crippen molar-refractivity contribution in [1.82, 2.24) is 4.90 Å². The standard InChI is InChI=1S/C7H14FNO/c1-6(10)9(4)5-7(2,3)8/h5H2,1-4H3. The van der Waals surface area contributed by atoms with Crippen LogP contribution in [0.5, 0.6) is 0 Å². The van der Waals surface area contributed by atoms with Crippen LogP contribution in [0.2, 0.25) is 0 Å². The van der Waals surface area contributed by atoms with Gasteiger partial charge in [0.2, 0.25) is 5.91 Å². The normalized spacial score (nSPS) is 11.3. The van der Waals surface area contributed by atoms with Crippen LogP contribution in [-0.4, -0.2) is 30.1 Å². The maximum absolute atomic E-state index is 12.8. The lowest BCUT2D eigenvalue weighted by Crippen LogP contribution is -2.35. The monoisotopic (exact) mass is 147 g/mol. The molecule has 3 heteroatoms. The van der Waals surface area contributed by atoms with Crippen LogP contribution in [0.25, 0.3) is 0 Å². The van der Waals surface area contributed by atoms with E-state index in [1.807, 2.05) is 0 Å². The van der Waals surface area contributed by atoms with Gasteiger partial charge in [0.05, 0.1) is 6.54 Å². The Morgan fingerprint density at radius 1 is 1.60 bits per heavy atom. The van der Waals surface area contributed by atoms with Gasteiger partial charge in [-0.1, -0.05) is 0 Å². The topological polar surface area (TPSA) is 20.3 Å². The van der Waals surface area contributed by atoms with Crippen molar-refractivity contribution in [2.75, 3.05) is 13.6 Å². The summed E-state index contributed by atoms with van der Waals surface area (Å²) in [6.45, 7) is 4.48. The Morgan fingerprint density at radius 2 is 2.00 bits per heavy atom. The Morgan fingerprint density at radius 3 is 2.10 bits per heavy atom. The van der Waals surface area contributed by atoms with E-state index >= 15 is 0 Å². The van der Waals surface area contributed by atoms with E-state index in [9.17, 15) is 9.18 Å². The first kappa shape index (κ1) is 9.40. The van der Waals surface area contributed by atoms with E-state index in [-0.39, 0.29) is 12.5 Å². The van der Waals surface area contributed by atoms with Crippen molar-refractivity contribution in [3.63, 3.8) is 0 Å². The number of hydrogen-bond donors (Lipinski definition) is 0. The number of alkyl halides is 1. The van der Waals surface area contributed by atoms with Gasteiger partial charge in [-0.05, 0) is 13.8 Å². The van der Waals surface area contributed by atoms with Crippen molar-refractivity contribution in [2.24, 2.45) is 0 Å². The third-order valence-electron chi connectivity index (χ3n) is 1.15. The Bertz CT molecular complexity index is 128. The lowest BCUT2D eigenvalue weighted by Gasteiger charge is -2.22. The maximum atomic E-state index is 12.8. The van der Waals surface area contributed by atoms with E-state index in [0.717, 1.165) is 0 Å². The maximum Gasteiger partial charge on any atom is 0.219 e. The minimum Gasteiger partial charge on any atom is -0.343 e. The minimum atomic E-state index is -1.29. The van der Waals surface area contributed by atoms with Crippen molar-refractivity contribution in [1.29, 1.82) is 0 Å². The molecule has 0 atom stereocenters. The molecular formula is C7H14FNO. The fourth-order valence-corrected chi connectivity index (χ4v) is 0.675. The molecule has 0 spiro atoms. The molecule has 0 rings (SSSR count). The largest absolute Gasteiger partial charge is 0.343 e. The molecule has 0 N–H and O–H groups in total. The molecule has 0 unspecified atom stereocenters. The van der Waals surface area contributed by atoms with Crippen LogP contribution in [0.4, 0.5) is 4.39 Å². The third kappa shape index (κ3) is 4.30. The van der Waals surface area contributed by atoms with Gasteiger partial charge in [0.15, 0.2) is 0 Å². The average Bonchev–Trinajstić information content (AvgIpc) is 1.60. The predicted octanol–water partition coefficient (Wildman–Crippen LogP) is 1.21. The van der Waals surface area contributed by atoms with Gasteiger partial charge >= 0.3 is 0 Å². The molecule has 0 radical (unpaired) electrons. The number of hydrogen-bond acceptors (Lipinski definition) is 1. The van der Waals surface area contributed by atoms with Gasteiger partial charge in [-0.2, -0.15) is 0 Å². The first-order chi connectivity index (χ1) is 4.33. The SMILES string of the molecule is CC(=O)N(C)CC(C)(C)F. The Balaban J connectivity index is 3.80. The number of carbonyl (C=O) groups is 1. The zero-order valence-electron chi connectivity index (χ0n) is 6.94. The highest BCUT2D eigenvalue weighted by atomic mass is 19.1. The van der Waals surface area contributed by atoms with Crippen LogP contribution < -0.4 is 0 Å². The molecular weight excluding hydrogens is 133 g/mol. The van der Waals surface area contributed by atoms with Crippen LogP contribution in [-0.2, 0) is 4.79 Å². The molecule has 0 aliphatic carbocycles. The average molecular weight is 147 g/mol. The summed E-state index contributed by atoms with van der Waals surface area (Å²) in [4.78, 5) is 11.9. The fourth-order valence-electron chi connectivity index (χ4n) is 0.675. The molecule has 0 aliphatic heterocycles. The van der Waals surface area contributed by atoms with Crippen molar-refractivity contribution >= 4 is 5.91 Å². The van der Waals surface area contributed by atoms with E-state index in [2.05, 4.69) is 0 Å². The Kier molecular flexibility index (Phi) is 2.81. The number of amides is 1. The van der Waals surface area contributed by atoms with E-state index in [1.54, 1.807) is 7.05 Å². The van der Waals surface area contributed by atoms with E-state index in [1.165, 1.54) is 25.7 Å². The van der Waals surface area contributed by atoms with Crippen LogP contribution >= 0.6 is 0 Å². The molecule has 0 saturated heterocycles. The van der Waals surface area contributed by atoms with E-state index in [4.69, 9.17) is 0 Å². The van der Waals surface area contributed by atoms with Crippen molar-refractivity contribution in [3.05, 3.63) is 0 Å². The van der Waals surface area contributed by atoms with Crippen LogP contribution in [0, 0.1) is 0 Å². The molecule has 2 nitrogen and oxygen atoms in total. The number of nitrogens with zero attached hydrogens (tertiary/aromatic N) is 1. The van der Waals surface area contributed by atoms with Crippen molar-refractivity contribution < 1.29 is 9.18 Å². The highest BCUT2D eigenvalue weighted by Gasteiger charge is 2.18. The molecule has 0 heterocycles. The lowest BCUT2D eigenvalue weighted by atomic mass is 10.1. The van der Waals surface area contributed by atoms with Gasteiger partial charge in [0.1, 0.15) is 5.67 Å². The van der Waals surface area contributed by atoms with Gasteiger partial charge in [0, 0.05) is 14.0 Å². The smallest absolute Gasteiger partial charge is 0.219 e. The molecule has 0 aromatic carbocycles. The molecule has 0 saturated carbocycles. The van der Waals surface area contributed by atoms with Crippen molar-refractivity contribution in [3.8, 4) is 0 Å². The van der Waals surface area contributed by atoms with Gasteiger partial charge in [-0.3, -0.25) is 4.79 Å². The molecule has 0 aliphatic rings. The molecule has 0 bridgehead atoms. The van der Waals surface area contributed by atoms with Gasteiger partial charge in [-0.15, -0.1) is 0 Å². The lowest BCUT2D eigenvalue weighted by molar-refractivity contribution is -0.129. The van der Waals surface area contributed by atoms with Gasteiger partial charge in [0.25, 0.3) is 0 Å². The molecule has 60 valence electrons. The minimum absolute atomic E-state index is 0.106. The highest BCUT2D eigenvalue weighted by Crippen LogP contribution is 2.08. The van der Waals surface area contributed by atoms with Crippen LogP contribution in [0.15, 0.2) is 0 Å². The zero-order chi connectivity index (χ0) is 8.36. The second kappa shape index (κ2) is 2.99. The predicted molar refractivity (Wildman–Crippen MR) is 38.5 cm³/mol. The molecule has 0 aromatic rings. The molecule has 0 aromatic heterocycles. The summed E-state index contributed by atoms with van der Waals surface area (Å²) < 4.78 is 12.8. The third-order valence-corrected chi connectivity index (χ3v) is 1.15. The van der Waals surface area contributed by atoms with Crippen molar-refractivity contribution in [2.45, 2.75) is 26.4 Å². The quantitative estimate of drug-likeness (QED) is 0.575. The van der Waals surface area contributed by atoms with Crippen LogP contribution in [0.3, 0.4) is 0 Å². The number of halogens is 1. The summed E-state index contributed by atoms with van der Waals surface area (Å²) >= 11 is 0. The highest BCUT2D eigenvalue weighted by molar-refractivity contribution is 5.72. The summed E-state index contributed by atoms with van der Waals surface area (Å²) in [5, 5.41) is 0. The molecule has 10 heavy (non-hydrogen) atoms.